The molecule has 78 valence electrons. The molecule has 2 heterocycles. The molecular formula is C7H9N6O2+. The van der Waals surface area contributed by atoms with Gasteiger partial charge >= 0.3 is 5.69 Å². The number of nitrogens with two attached hydrogens (primary N) is 1. The third kappa shape index (κ3) is 1.11. The van der Waals surface area contributed by atoms with E-state index >= 15 is 0 Å². The maximum absolute atomic E-state index is 11.6. The zero-order chi connectivity index (χ0) is 11.2. The van der Waals surface area contributed by atoms with Crippen LogP contribution in [0.3, 0.4) is 0 Å². The lowest BCUT2D eigenvalue weighted by Gasteiger charge is -2.00. The first kappa shape index (κ1) is 9.31. The Bertz CT molecular complexity index is 660. The molecule has 0 unspecified atom stereocenters. The van der Waals surface area contributed by atoms with Crippen LogP contribution >= 0.6 is 0 Å². The van der Waals surface area contributed by atoms with Gasteiger partial charge in [-0.2, -0.15) is 4.98 Å². The van der Waals surface area contributed by atoms with E-state index in [9.17, 15) is 9.59 Å². The van der Waals surface area contributed by atoms with E-state index in [-0.39, 0.29) is 17.1 Å². The molecule has 8 heteroatoms. The zero-order valence-corrected chi connectivity index (χ0v) is 8.18. The number of aryl methyl sites for hydroxylation is 1. The molecule has 0 saturated heterocycles. The lowest BCUT2D eigenvalue weighted by molar-refractivity contribution is -0.211. The summed E-state index contributed by atoms with van der Waals surface area (Å²) in [6.07, 6.45) is 0. The number of aromatic nitrogens is 4. The predicted molar refractivity (Wildman–Crippen MR) is 50.6 cm³/mol. The minimum Gasteiger partial charge on any atom is -0.312 e. The highest BCUT2D eigenvalue weighted by atomic mass is 16.2. The first-order chi connectivity index (χ1) is 7.06. The molecule has 15 heavy (non-hydrogen) atoms. The second-order valence-electron chi connectivity index (χ2n) is 3.09. The minimum absolute atomic E-state index is 0.114. The van der Waals surface area contributed by atoms with Crippen molar-refractivity contribution in [3.05, 3.63) is 20.8 Å². The SMILES string of the molecule is Cn1c(=O)c2[nH]c(N=[NH2+])nc2n(C)c1=O. The molecule has 0 radical (unpaired) electrons. The summed E-state index contributed by atoms with van der Waals surface area (Å²) in [6, 6.07) is 0. The van der Waals surface area contributed by atoms with Crippen molar-refractivity contribution < 1.29 is 5.53 Å². The van der Waals surface area contributed by atoms with E-state index in [0.29, 0.717) is 0 Å². The normalized spacial score (nSPS) is 10.8. The second-order valence-corrected chi connectivity index (χ2v) is 3.09. The van der Waals surface area contributed by atoms with Crippen molar-refractivity contribution in [1.29, 1.82) is 0 Å². The molecule has 0 atom stereocenters. The average molecular weight is 209 g/mol. The summed E-state index contributed by atoms with van der Waals surface area (Å²) in [7, 11) is 2.91. The van der Waals surface area contributed by atoms with Gasteiger partial charge in [0.1, 0.15) is 0 Å². The number of nitrogens with zero attached hydrogens (tertiary/aromatic N) is 4. The highest BCUT2D eigenvalue weighted by molar-refractivity contribution is 5.71. The van der Waals surface area contributed by atoms with Gasteiger partial charge < -0.3 is 4.98 Å². The molecule has 8 nitrogen and oxygen atoms in total. The molecule has 0 saturated carbocycles. The van der Waals surface area contributed by atoms with Crippen molar-refractivity contribution in [2.24, 2.45) is 19.2 Å². The topological polar surface area (TPSA) is 111 Å². The average Bonchev–Trinajstić information content (AvgIpc) is 2.67. The van der Waals surface area contributed by atoms with Crippen molar-refractivity contribution in [1.82, 2.24) is 19.1 Å². The largest absolute Gasteiger partial charge is 0.332 e. The Labute approximate surface area is 82.7 Å². The van der Waals surface area contributed by atoms with Crippen LogP contribution < -0.4 is 16.8 Å². The summed E-state index contributed by atoms with van der Waals surface area (Å²) in [5.41, 5.74) is 4.59. The molecule has 0 spiro atoms. The molecule has 2 aromatic heterocycles. The number of fused-ring (bicyclic) bond motifs is 1. The Kier molecular flexibility index (Phi) is 1.78. The molecule has 0 amide bonds. The van der Waals surface area contributed by atoms with Crippen LogP contribution in [0.2, 0.25) is 0 Å². The van der Waals surface area contributed by atoms with E-state index < -0.39 is 11.2 Å². The van der Waals surface area contributed by atoms with E-state index in [1.54, 1.807) is 0 Å². The van der Waals surface area contributed by atoms with Gasteiger partial charge in [0.2, 0.25) is 0 Å². The second kappa shape index (κ2) is 2.87. The summed E-state index contributed by atoms with van der Waals surface area (Å²) in [5.74, 6) is 0.114. The third-order valence-corrected chi connectivity index (χ3v) is 2.20. The van der Waals surface area contributed by atoms with E-state index in [1.807, 2.05) is 0 Å². The van der Waals surface area contributed by atoms with Gasteiger partial charge in [0.15, 0.2) is 11.2 Å². The third-order valence-electron chi connectivity index (χ3n) is 2.20. The summed E-state index contributed by atoms with van der Waals surface area (Å²) in [6.45, 7) is 0. The van der Waals surface area contributed by atoms with Crippen molar-refractivity contribution in [3.8, 4) is 0 Å². The minimum atomic E-state index is -0.449. The number of rotatable bonds is 1. The molecule has 0 aliphatic carbocycles. The highest BCUT2D eigenvalue weighted by Gasteiger charge is 2.13. The fourth-order valence-electron chi connectivity index (χ4n) is 1.37. The van der Waals surface area contributed by atoms with Crippen LogP contribution in [0.15, 0.2) is 14.7 Å². The van der Waals surface area contributed by atoms with Crippen molar-refractivity contribution >= 4 is 17.1 Å². The number of nitrogens with one attached hydrogen (secondary N) is 1. The molecule has 2 aromatic rings. The van der Waals surface area contributed by atoms with Crippen LogP contribution in [0.4, 0.5) is 5.95 Å². The highest BCUT2D eigenvalue weighted by Crippen LogP contribution is 2.08. The first-order valence-electron chi connectivity index (χ1n) is 4.13. The van der Waals surface area contributed by atoms with Crippen LogP contribution in [0.1, 0.15) is 0 Å². The van der Waals surface area contributed by atoms with E-state index in [4.69, 9.17) is 5.53 Å². The zero-order valence-electron chi connectivity index (χ0n) is 8.18. The smallest absolute Gasteiger partial charge is 0.312 e. The first-order valence-corrected chi connectivity index (χ1v) is 4.13. The number of H-pyrrole nitrogens is 1. The van der Waals surface area contributed by atoms with Crippen LogP contribution in [0, 0.1) is 0 Å². The fraction of sp³-hybridized carbons (Fsp3) is 0.286. The molecule has 2 rings (SSSR count). The Hall–Kier alpha value is -2.25. The molecule has 0 bridgehead atoms. The monoisotopic (exact) mass is 209 g/mol. The number of aromatic amines is 1. The van der Waals surface area contributed by atoms with E-state index in [2.05, 4.69) is 15.1 Å². The van der Waals surface area contributed by atoms with Gasteiger partial charge in [0.05, 0.1) is 0 Å². The summed E-state index contributed by atoms with van der Waals surface area (Å²) < 4.78 is 2.24. The van der Waals surface area contributed by atoms with Gasteiger partial charge in [-0.15, -0.1) is 5.53 Å². The summed E-state index contributed by atoms with van der Waals surface area (Å²) >= 11 is 0. The van der Waals surface area contributed by atoms with Crippen molar-refractivity contribution in [2.75, 3.05) is 0 Å². The lowest BCUT2D eigenvalue weighted by Crippen LogP contribution is -2.36. The van der Waals surface area contributed by atoms with Gasteiger partial charge in [-0.1, -0.05) is 0 Å². The molecule has 3 N–H and O–H groups in total. The standard InChI is InChI=1S/C7H8N6O2/c1-12-4-3(9-6(10-4)11-8)5(14)13(2)7(12)15/h8H,1-2H3,(H,9,10)/p+1. The van der Waals surface area contributed by atoms with Gasteiger partial charge in [0.25, 0.3) is 11.5 Å². The summed E-state index contributed by atoms with van der Waals surface area (Å²) in [5, 5.41) is 3.32. The Balaban J connectivity index is 3.11. The number of hydrogen-bond donors (Lipinski definition) is 2. The number of imidazole rings is 1. The Morgan fingerprint density at radius 1 is 1.33 bits per heavy atom. The van der Waals surface area contributed by atoms with Gasteiger partial charge in [0, 0.05) is 19.2 Å². The van der Waals surface area contributed by atoms with E-state index in [1.165, 1.54) is 18.7 Å². The van der Waals surface area contributed by atoms with Crippen molar-refractivity contribution in [3.63, 3.8) is 0 Å². The lowest BCUT2D eigenvalue weighted by atomic mass is 10.5. The van der Waals surface area contributed by atoms with Crippen molar-refractivity contribution in [2.45, 2.75) is 0 Å². The Morgan fingerprint density at radius 3 is 2.60 bits per heavy atom. The van der Waals surface area contributed by atoms with E-state index in [0.717, 1.165) is 4.57 Å². The Morgan fingerprint density at radius 2 is 2.00 bits per heavy atom. The molecular weight excluding hydrogens is 200 g/mol. The van der Waals surface area contributed by atoms with Gasteiger partial charge in [-0.3, -0.25) is 13.9 Å². The quantitative estimate of drug-likeness (QED) is 0.520. The maximum atomic E-state index is 11.6. The molecule has 0 fully saturated rings. The van der Waals surface area contributed by atoms with Gasteiger partial charge in [-0.05, 0) is 0 Å². The van der Waals surface area contributed by atoms with Gasteiger partial charge in [-0.25, -0.2) is 4.79 Å². The molecule has 0 aliphatic rings. The molecule has 0 aliphatic heterocycles. The van der Waals surface area contributed by atoms with Crippen LogP contribution in [0.5, 0.6) is 0 Å². The number of hydrogen-bond acceptors (Lipinski definition) is 4. The maximum Gasteiger partial charge on any atom is 0.332 e. The molecule has 0 aromatic carbocycles. The fourth-order valence-corrected chi connectivity index (χ4v) is 1.37. The van der Waals surface area contributed by atoms with Crippen LogP contribution in [0.25, 0.3) is 11.2 Å². The summed E-state index contributed by atoms with van der Waals surface area (Å²) in [4.78, 5) is 29.7. The van der Waals surface area contributed by atoms with Crippen LogP contribution in [-0.2, 0) is 14.1 Å². The van der Waals surface area contributed by atoms with Crippen LogP contribution in [-0.4, -0.2) is 19.1 Å². The predicted octanol–water partition coefficient (Wildman–Crippen LogP) is -2.20.